The maximum atomic E-state index is 8.53. The first-order valence-corrected chi connectivity index (χ1v) is 5.01. The van der Waals surface area contributed by atoms with Gasteiger partial charge in [-0.2, -0.15) is 0 Å². The third kappa shape index (κ3) is 2.53. The lowest BCUT2D eigenvalue weighted by Gasteiger charge is -1.92. The van der Waals surface area contributed by atoms with Gasteiger partial charge in [-0.1, -0.05) is 0 Å². The summed E-state index contributed by atoms with van der Waals surface area (Å²) in [6.45, 7) is 4.05. The Balaban J connectivity index is 2.42. The summed E-state index contributed by atoms with van der Waals surface area (Å²) in [6.07, 6.45) is 0. The molecule has 0 spiro atoms. The van der Waals surface area contributed by atoms with Crippen molar-refractivity contribution >= 4 is 11.8 Å². The summed E-state index contributed by atoms with van der Waals surface area (Å²) < 4.78 is 5.35. The Bertz CT molecular complexity index is 228. The summed E-state index contributed by atoms with van der Waals surface area (Å²) in [6, 6.07) is 0. The molecule has 3 nitrogen and oxygen atoms in total. The van der Waals surface area contributed by atoms with E-state index < -0.39 is 0 Å². The van der Waals surface area contributed by atoms with E-state index in [9.17, 15) is 0 Å². The molecule has 0 fully saturated rings. The zero-order valence-corrected chi connectivity index (χ0v) is 8.15. The van der Waals surface area contributed by atoms with Gasteiger partial charge in [0.15, 0.2) is 0 Å². The maximum absolute atomic E-state index is 8.53. The number of hydrogen-bond donors (Lipinski definition) is 1. The van der Waals surface area contributed by atoms with E-state index in [2.05, 4.69) is 4.98 Å². The first kappa shape index (κ1) is 9.61. The Morgan fingerprint density at radius 3 is 2.75 bits per heavy atom. The highest BCUT2D eigenvalue weighted by Gasteiger charge is 2.04. The van der Waals surface area contributed by atoms with E-state index in [1.807, 2.05) is 13.8 Å². The van der Waals surface area contributed by atoms with Crippen LogP contribution in [0.4, 0.5) is 0 Å². The van der Waals surface area contributed by atoms with E-state index in [-0.39, 0.29) is 6.61 Å². The Morgan fingerprint density at radius 1 is 1.50 bits per heavy atom. The number of aromatic nitrogens is 1. The third-order valence-electron chi connectivity index (χ3n) is 1.53. The Labute approximate surface area is 76.2 Å². The Morgan fingerprint density at radius 2 is 2.25 bits per heavy atom. The fourth-order valence-corrected chi connectivity index (χ4v) is 1.40. The van der Waals surface area contributed by atoms with Gasteiger partial charge in [0.2, 0.25) is 5.89 Å². The average Bonchev–Trinajstić information content (AvgIpc) is 2.32. The van der Waals surface area contributed by atoms with Crippen LogP contribution >= 0.6 is 11.8 Å². The molecule has 0 atom stereocenters. The van der Waals surface area contributed by atoms with E-state index in [1.54, 1.807) is 11.8 Å². The molecule has 1 N–H and O–H groups in total. The minimum absolute atomic E-state index is 0.212. The molecule has 0 unspecified atom stereocenters. The van der Waals surface area contributed by atoms with Crippen LogP contribution in [0, 0.1) is 13.8 Å². The van der Waals surface area contributed by atoms with E-state index in [0.29, 0.717) is 0 Å². The van der Waals surface area contributed by atoms with Crippen LogP contribution in [-0.2, 0) is 5.75 Å². The average molecular weight is 187 g/mol. The number of aliphatic hydroxyl groups is 1. The zero-order valence-electron chi connectivity index (χ0n) is 7.33. The number of nitrogens with zero attached hydrogens (tertiary/aromatic N) is 1. The molecular weight excluding hydrogens is 174 g/mol. The van der Waals surface area contributed by atoms with Crippen molar-refractivity contribution < 1.29 is 9.52 Å². The number of thioether (sulfide) groups is 1. The molecule has 0 aliphatic rings. The van der Waals surface area contributed by atoms with Crippen molar-refractivity contribution in [3.8, 4) is 0 Å². The third-order valence-corrected chi connectivity index (χ3v) is 2.46. The molecule has 1 aromatic heterocycles. The summed E-state index contributed by atoms with van der Waals surface area (Å²) in [4.78, 5) is 4.21. The molecule has 12 heavy (non-hydrogen) atoms. The minimum atomic E-state index is 0.212. The van der Waals surface area contributed by atoms with Crippen LogP contribution in [0.15, 0.2) is 4.42 Å². The summed E-state index contributed by atoms with van der Waals surface area (Å²) in [5, 5.41) is 8.53. The van der Waals surface area contributed by atoms with E-state index in [4.69, 9.17) is 9.52 Å². The highest BCUT2D eigenvalue weighted by molar-refractivity contribution is 7.98. The maximum Gasteiger partial charge on any atom is 0.204 e. The molecule has 0 amide bonds. The monoisotopic (exact) mass is 187 g/mol. The van der Waals surface area contributed by atoms with Crippen molar-refractivity contribution in [3.63, 3.8) is 0 Å². The molecule has 0 aliphatic carbocycles. The highest BCUT2D eigenvalue weighted by Crippen LogP contribution is 2.14. The van der Waals surface area contributed by atoms with E-state index in [0.717, 1.165) is 28.9 Å². The SMILES string of the molecule is Cc1nc(CSCCO)oc1C. The molecule has 1 heterocycles. The predicted octanol–water partition coefficient (Wildman–Crippen LogP) is 1.52. The molecule has 0 saturated heterocycles. The minimum Gasteiger partial charge on any atom is -0.445 e. The summed E-state index contributed by atoms with van der Waals surface area (Å²) in [5.41, 5.74) is 0.953. The molecule has 1 rings (SSSR count). The standard InChI is InChI=1S/C8H13NO2S/c1-6-7(2)11-8(9-6)5-12-4-3-10/h10H,3-5H2,1-2H3. The lowest BCUT2D eigenvalue weighted by Crippen LogP contribution is -1.87. The normalized spacial score (nSPS) is 10.6. The quantitative estimate of drug-likeness (QED) is 0.726. The number of aryl methyl sites for hydroxylation is 2. The van der Waals surface area contributed by atoms with Crippen LogP contribution in [0.25, 0.3) is 0 Å². The van der Waals surface area contributed by atoms with Crippen LogP contribution in [0.1, 0.15) is 17.3 Å². The van der Waals surface area contributed by atoms with Crippen molar-refractivity contribution in [2.45, 2.75) is 19.6 Å². The predicted molar refractivity (Wildman–Crippen MR) is 49.2 cm³/mol. The molecule has 0 aliphatic heterocycles. The van der Waals surface area contributed by atoms with E-state index in [1.165, 1.54) is 0 Å². The Kier molecular flexibility index (Phi) is 3.62. The van der Waals surface area contributed by atoms with Crippen molar-refractivity contribution in [3.05, 3.63) is 17.3 Å². The fourth-order valence-electron chi connectivity index (χ4n) is 0.825. The van der Waals surface area contributed by atoms with Crippen molar-refractivity contribution in [2.24, 2.45) is 0 Å². The molecule has 4 heteroatoms. The van der Waals surface area contributed by atoms with Gasteiger partial charge in [-0.15, -0.1) is 11.8 Å². The fraction of sp³-hybridized carbons (Fsp3) is 0.625. The number of oxazole rings is 1. The molecule has 1 aromatic rings. The molecular formula is C8H13NO2S. The summed E-state index contributed by atoms with van der Waals surface area (Å²) in [5.74, 6) is 3.12. The van der Waals surface area contributed by atoms with Crippen molar-refractivity contribution in [1.82, 2.24) is 4.98 Å². The number of rotatable bonds is 4. The Hall–Kier alpha value is -0.480. The van der Waals surface area contributed by atoms with Gasteiger partial charge in [0.1, 0.15) is 5.76 Å². The van der Waals surface area contributed by atoms with Crippen LogP contribution in [0.3, 0.4) is 0 Å². The summed E-state index contributed by atoms with van der Waals surface area (Å²) in [7, 11) is 0. The van der Waals surface area contributed by atoms with Crippen molar-refractivity contribution in [2.75, 3.05) is 12.4 Å². The highest BCUT2D eigenvalue weighted by atomic mass is 32.2. The van der Waals surface area contributed by atoms with Gasteiger partial charge in [0.25, 0.3) is 0 Å². The molecule has 0 bridgehead atoms. The second-order valence-corrected chi connectivity index (χ2v) is 3.63. The number of hydrogen-bond acceptors (Lipinski definition) is 4. The lowest BCUT2D eigenvalue weighted by molar-refractivity contribution is 0.322. The number of aliphatic hydroxyl groups excluding tert-OH is 1. The zero-order chi connectivity index (χ0) is 8.97. The summed E-state index contributed by atoms with van der Waals surface area (Å²) >= 11 is 1.62. The van der Waals surface area contributed by atoms with Gasteiger partial charge < -0.3 is 9.52 Å². The van der Waals surface area contributed by atoms with Gasteiger partial charge in [-0.25, -0.2) is 4.98 Å². The smallest absolute Gasteiger partial charge is 0.204 e. The molecule has 0 radical (unpaired) electrons. The second-order valence-electron chi connectivity index (χ2n) is 2.53. The van der Waals surface area contributed by atoms with E-state index >= 15 is 0 Å². The van der Waals surface area contributed by atoms with Crippen LogP contribution < -0.4 is 0 Å². The topological polar surface area (TPSA) is 46.3 Å². The van der Waals surface area contributed by atoms with Crippen LogP contribution in [0.5, 0.6) is 0 Å². The first-order valence-electron chi connectivity index (χ1n) is 3.85. The molecule has 0 aromatic carbocycles. The van der Waals surface area contributed by atoms with Crippen LogP contribution in [-0.4, -0.2) is 22.5 Å². The van der Waals surface area contributed by atoms with Gasteiger partial charge in [0, 0.05) is 5.75 Å². The second kappa shape index (κ2) is 4.52. The first-order chi connectivity index (χ1) is 5.74. The largest absolute Gasteiger partial charge is 0.445 e. The molecule has 0 saturated carbocycles. The van der Waals surface area contributed by atoms with Gasteiger partial charge in [-0.05, 0) is 13.8 Å². The van der Waals surface area contributed by atoms with Gasteiger partial charge in [0.05, 0.1) is 18.1 Å². The van der Waals surface area contributed by atoms with Crippen molar-refractivity contribution in [1.29, 1.82) is 0 Å². The van der Waals surface area contributed by atoms with Crippen LogP contribution in [0.2, 0.25) is 0 Å². The van der Waals surface area contributed by atoms with Gasteiger partial charge in [-0.3, -0.25) is 0 Å². The molecule has 68 valence electrons. The lowest BCUT2D eigenvalue weighted by atomic mass is 10.4. The van der Waals surface area contributed by atoms with Gasteiger partial charge >= 0.3 is 0 Å².